The lowest BCUT2D eigenvalue weighted by molar-refractivity contribution is 0.103. The summed E-state index contributed by atoms with van der Waals surface area (Å²) in [5.41, 5.74) is 6.88. The van der Waals surface area contributed by atoms with E-state index in [9.17, 15) is 9.18 Å². The molecule has 0 saturated carbocycles. The summed E-state index contributed by atoms with van der Waals surface area (Å²) < 4.78 is 15.0. The third kappa shape index (κ3) is 2.77. The molecule has 1 aromatic heterocycles. The molecule has 3 aromatic rings. The summed E-state index contributed by atoms with van der Waals surface area (Å²) in [6.07, 6.45) is 0. The van der Waals surface area contributed by atoms with Gasteiger partial charge in [-0.2, -0.15) is 0 Å². The molecule has 0 saturated heterocycles. The standard InChI is InChI=1S/C15H10BrFN2OS/c16-8-4-5-12-11(6-8)13(18)14(21-12)15(20)19-10-3-1-2-9(17)7-10/h1-7H,18H2,(H,19,20). The van der Waals surface area contributed by atoms with Crippen LogP contribution in [0.4, 0.5) is 15.8 Å². The van der Waals surface area contributed by atoms with Crippen molar-refractivity contribution in [2.75, 3.05) is 11.1 Å². The summed E-state index contributed by atoms with van der Waals surface area (Å²) in [5, 5.41) is 3.49. The van der Waals surface area contributed by atoms with Gasteiger partial charge in [0, 0.05) is 20.2 Å². The molecule has 3 nitrogen and oxygen atoms in total. The van der Waals surface area contributed by atoms with Crippen molar-refractivity contribution in [1.82, 2.24) is 0 Å². The molecular weight excluding hydrogens is 355 g/mol. The first-order chi connectivity index (χ1) is 10.0. The minimum absolute atomic E-state index is 0.338. The van der Waals surface area contributed by atoms with Crippen molar-refractivity contribution >= 4 is 54.6 Å². The number of hydrogen-bond acceptors (Lipinski definition) is 3. The monoisotopic (exact) mass is 364 g/mol. The third-order valence-electron chi connectivity index (χ3n) is 2.98. The van der Waals surface area contributed by atoms with Gasteiger partial charge in [0.05, 0.1) is 5.69 Å². The van der Waals surface area contributed by atoms with Crippen molar-refractivity contribution in [3.05, 3.63) is 57.6 Å². The van der Waals surface area contributed by atoms with Crippen LogP contribution in [0.15, 0.2) is 46.9 Å². The SMILES string of the molecule is Nc1c(C(=O)Nc2cccc(F)c2)sc2ccc(Br)cc12. The van der Waals surface area contributed by atoms with Crippen LogP contribution in [0.2, 0.25) is 0 Å². The molecule has 3 rings (SSSR count). The zero-order chi connectivity index (χ0) is 15.0. The first-order valence-corrected chi connectivity index (χ1v) is 7.70. The van der Waals surface area contributed by atoms with Gasteiger partial charge in [-0.1, -0.05) is 22.0 Å². The molecular formula is C15H10BrFN2OS. The first kappa shape index (κ1) is 14.0. The average Bonchev–Trinajstić information content (AvgIpc) is 2.76. The van der Waals surface area contributed by atoms with Crippen LogP contribution in [0.25, 0.3) is 10.1 Å². The molecule has 0 atom stereocenters. The number of hydrogen-bond donors (Lipinski definition) is 2. The van der Waals surface area contributed by atoms with Crippen LogP contribution in [-0.4, -0.2) is 5.91 Å². The van der Waals surface area contributed by atoms with E-state index in [4.69, 9.17) is 5.73 Å². The molecule has 0 spiro atoms. The Morgan fingerprint density at radius 1 is 1.24 bits per heavy atom. The summed E-state index contributed by atoms with van der Waals surface area (Å²) in [6, 6.07) is 11.4. The van der Waals surface area contributed by atoms with Crippen molar-refractivity contribution in [3.63, 3.8) is 0 Å². The second-order valence-corrected chi connectivity index (χ2v) is 6.42. The van der Waals surface area contributed by atoms with E-state index in [1.807, 2.05) is 18.2 Å². The van der Waals surface area contributed by atoms with Crippen molar-refractivity contribution in [3.8, 4) is 0 Å². The van der Waals surface area contributed by atoms with Gasteiger partial charge in [-0.3, -0.25) is 4.79 Å². The van der Waals surface area contributed by atoms with Crippen molar-refractivity contribution < 1.29 is 9.18 Å². The molecule has 2 aromatic carbocycles. The van der Waals surface area contributed by atoms with E-state index >= 15 is 0 Å². The fraction of sp³-hybridized carbons (Fsp3) is 0. The Bertz CT molecular complexity index is 847. The molecule has 0 aliphatic rings. The van der Waals surface area contributed by atoms with E-state index in [0.29, 0.717) is 16.3 Å². The first-order valence-electron chi connectivity index (χ1n) is 6.09. The van der Waals surface area contributed by atoms with Gasteiger partial charge in [0.25, 0.3) is 5.91 Å². The van der Waals surface area contributed by atoms with Crippen molar-refractivity contribution in [1.29, 1.82) is 0 Å². The zero-order valence-electron chi connectivity index (χ0n) is 10.7. The Hall–Kier alpha value is -1.92. The zero-order valence-corrected chi connectivity index (χ0v) is 13.1. The van der Waals surface area contributed by atoms with Gasteiger partial charge in [-0.05, 0) is 36.4 Å². The number of anilines is 2. The Labute approximate surface area is 132 Å². The van der Waals surface area contributed by atoms with E-state index in [1.54, 1.807) is 6.07 Å². The lowest BCUT2D eigenvalue weighted by Gasteiger charge is -2.04. The summed E-state index contributed by atoms with van der Waals surface area (Å²) in [4.78, 5) is 12.7. The van der Waals surface area contributed by atoms with Crippen LogP contribution in [-0.2, 0) is 0 Å². The highest BCUT2D eigenvalue weighted by Crippen LogP contribution is 2.35. The molecule has 0 fully saturated rings. The maximum Gasteiger partial charge on any atom is 0.267 e. The number of nitrogens with two attached hydrogens (primary N) is 1. The predicted octanol–water partition coefficient (Wildman–Crippen LogP) is 4.64. The number of nitrogen functional groups attached to an aromatic ring is 1. The summed E-state index contributed by atoms with van der Waals surface area (Å²) in [6.45, 7) is 0. The molecule has 0 bridgehead atoms. The van der Waals surface area contributed by atoms with Crippen LogP contribution in [0.5, 0.6) is 0 Å². The summed E-state index contributed by atoms with van der Waals surface area (Å²) in [5.74, 6) is -0.739. The molecule has 21 heavy (non-hydrogen) atoms. The molecule has 0 radical (unpaired) electrons. The van der Waals surface area contributed by atoms with E-state index in [1.165, 1.54) is 29.5 Å². The molecule has 1 heterocycles. The largest absolute Gasteiger partial charge is 0.397 e. The number of thiophene rings is 1. The van der Waals surface area contributed by atoms with E-state index < -0.39 is 5.82 Å². The predicted molar refractivity (Wildman–Crippen MR) is 88.3 cm³/mol. The van der Waals surface area contributed by atoms with Gasteiger partial charge in [0.2, 0.25) is 0 Å². The van der Waals surface area contributed by atoms with Gasteiger partial charge in [-0.15, -0.1) is 11.3 Å². The lowest BCUT2D eigenvalue weighted by Crippen LogP contribution is -2.12. The van der Waals surface area contributed by atoms with E-state index in [-0.39, 0.29) is 5.91 Å². The Morgan fingerprint density at radius 2 is 2.05 bits per heavy atom. The highest BCUT2D eigenvalue weighted by Gasteiger charge is 2.16. The maximum atomic E-state index is 13.1. The van der Waals surface area contributed by atoms with Crippen molar-refractivity contribution in [2.45, 2.75) is 0 Å². The number of amides is 1. The van der Waals surface area contributed by atoms with Crippen LogP contribution < -0.4 is 11.1 Å². The second kappa shape index (κ2) is 5.46. The number of halogens is 2. The average molecular weight is 365 g/mol. The quantitative estimate of drug-likeness (QED) is 0.695. The van der Waals surface area contributed by atoms with Crippen LogP contribution >= 0.6 is 27.3 Å². The van der Waals surface area contributed by atoms with E-state index in [2.05, 4.69) is 21.2 Å². The van der Waals surface area contributed by atoms with Crippen LogP contribution in [0.1, 0.15) is 9.67 Å². The Morgan fingerprint density at radius 3 is 2.81 bits per heavy atom. The second-order valence-electron chi connectivity index (χ2n) is 4.45. The number of benzene rings is 2. The fourth-order valence-corrected chi connectivity index (χ4v) is 3.37. The highest BCUT2D eigenvalue weighted by molar-refractivity contribution is 9.10. The molecule has 3 N–H and O–H groups in total. The topological polar surface area (TPSA) is 55.1 Å². The van der Waals surface area contributed by atoms with Gasteiger partial charge < -0.3 is 11.1 Å². The number of fused-ring (bicyclic) bond motifs is 1. The lowest BCUT2D eigenvalue weighted by atomic mass is 10.2. The minimum atomic E-state index is -0.402. The van der Waals surface area contributed by atoms with E-state index in [0.717, 1.165) is 14.6 Å². The van der Waals surface area contributed by atoms with Gasteiger partial charge in [0.15, 0.2) is 0 Å². The molecule has 0 aliphatic carbocycles. The Kier molecular flexibility index (Phi) is 3.65. The van der Waals surface area contributed by atoms with Gasteiger partial charge in [-0.25, -0.2) is 4.39 Å². The number of nitrogens with one attached hydrogen (secondary N) is 1. The molecule has 6 heteroatoms. The molecule has 0 unspecified atom stereocenters. The van der Waals surface area contributed by atoms with Crippen LogP contribution in [0, 0.1) is 5.82 Å². The summed E-state index contributed by atoms with van der Waals surface area (Å²) >= 11 is 4.69. The molecule has 106 valence electrons. The maximum absolute atomic E-state index is 13.1. The molecule has 0 aliphatic heterocycles. The number of rotatable bonds is 2. The third-order valence-corrected chi connectivity index (χ3v) is 4.66. The minimum Gasteiger partial charge on any atom is -0.397 e. The number of carbonyl (C=O) groups excluding carboxylic acids is 1. The highest BCUT2D eigenvalue weighted by atomic mass is 79.9. The number of carbonyl (C=O) groups is 1. The molecule has 1 amide bonds. The van der Waals surface area contributed by atoms with Crippen LogP contribution in [0.3, 0.4) is 0 Å². The van der Waals surface area contributed by atoms with Gasteiger partial charge in [0.1, 0.15) is 10.7 Å². The fourth-order valence-electron chi connectivity index (χ4n) is 2.01. The Balaban J connectivity index is 1.96. The summed E-state index contributed by atoms with van der Waals surface area (Å²) in [7, 11) is 0. The van der Waals surface area contributed by atoms with Gasteiger partial charge >= 0.3 is 0 Å². The normalized spacial score (nSPS) is 10.8. The van der Waals surface area contributed by atoms with Crippen molar-refractivity contribution in [2.24, 2.45) is 0 Å². The smallest absolute Gasteiger partial charge is 0.267 e.